The Morgan fingerprint density at radius 3 is 2.45 bits per heavy atom. The fourth-order valence-corrected chi connectivity index (χ4v) is 1.88. The maximum Gasteiger partial charge on any atom is 0.252 e. The van der Waals surface area contributed by atoms with Crippen LogP contribution in [-0.4, -0.2) is 36.1 Å². The molecule has 1 aromatic rings. The summed E-state index contributed by atoms with van der Waals surface area (Å²) in [6.45, 7) is 1.52. The van der Waals surface area contributed by atoms with Crippen LogP contribution < -0.4 is 26.7 Å². The number of hydrogen-bond acceptors (Lipinski definition) is 5. The molecule has 0 aromatic carbocycles. The zero-order chi connectivity index (χ0) is 16.2. The van der Waals surface area contributed by atoms with Crippen molar-refractivity contribution in [3.63, 3.8) is 0 Å². The van der Waals surface area contributed by atoms with E-state index >= 15 is 0 Å². The van der Waals surface area contributed by atoms with Gasteiger partial charge in [0.15, 0.2) is 5.11 Å². The Morgan fingerprint density at radius 1 is 1.23 bits per heavy atom. The highest BCUT2D eigenvalue weighted by atomic mass is 32.1. The summed E-state index contributed by atoms with van der Waals surface area (Å²) in [6, 6.07) is 3.18. The van der Waals surface area contributed by atoms with Gasteiger partial charge in [0.2, 0.25) is 5.88 Å². The third kappa shape index (κ3) is 7.19. The topological polar surface area (TPSA) is 101 Å². The van der Waals surface area contributed by atoms with Gasteiger partial charge in [0, 0.05) is 32.4 Å². The van der Waals surface area contributed by atoms with Crippen LogP contribution in [0.5, 0.6) is 5.88 Å². The Morgan fingerprint density at radius 2 is 1.91 bits per heavy atom. The van der Waals surface area contributed by atoms with E-state index in [1.165, 1.54) is 6.20 Å². The number of thiocarbonyl (C=S) groups is 1. The number of rotatable bonds is 9. The minimum atomic E-state index is -0.142. The number of hydrogen-bond donors (Lipinski definition) is 4. The molecule has 0 bridgehead atoms. The van der Waals surface area contributed by atoms with E-state index < -0.39 is 0 Å². The monoisotopic (exact) mass is 325 g/mol. The second kappa shape index (κ2) is 10.7. The number of carbonyl (C=O) groups excluding carboxylic acids is 1. The van der Waals surface area contributed by atoms with Crippen molar-refractivity contribution in [2.75, 3.05) is 20.1 Å². The minimum absolute atomic E-state index is 0.142. The zero-order valence-corrected chi connectivity index (χ0v) is 13.5. The van der Waals surface area contributed by atoms with Gasteiger partial charge in [0.05, 0.1) is 5.56 Å². The van der Waals surface area contributed by atoms with Gasteiger partial charge in [-0.2, -0.15) is 5.90 Å². The van der Waals surface area contributed by atoms with E-state index in [1.54, 1.807) is 19.2 Å². The van der Waals surface area contributed by atoms with Crippen LogP contribution in [0.25, 0.3) is 0 Å². The van der Waals surface area contributed by atoms with Crippen molar-refractivity contribution in [2.24, 2.45) is 5.90 Å². The normalized spacial score (nSPS) is 9.91. The first-order chi connectivity index (χ1) is 10.7. The van der Waals surface area contributed by atoms with E-state index in [0.717, 1.165) is 32.2 Å². The maximum atomic E-state index is 11.8. The summed E-state index contributed by atoms with van der Waals surface area (Å²) in [7, 11) is 1.80. The van der Waals surface area contributed by atoms with Crippen molar-refractivity contribution in [1.29, 1.82) is 0 Å². The number of amides is 1. The van der Waals surface area contributed by atoms with Crippen LogP contribution in [-0.2, 0) is 0 Å². The van der Waals surface area contributed by atoms with Gasteiger partial charge in [-0.25, -0.2) is 4.98 Å². The second-order valence-corrected chi connectivity index (χ2v) is 5.09. The highest BCUT2D eigenvalue weighted by Gasteiger charge is 2.05. The van der Waals surface area contributed by atoms with E-state index in [1.807, 2.05) is 0 Å². The fourth-order valence-electron chi connectivity index (χ4n) is 1.78. The second-order valence-electron chi connectivity index (χ2n) is 4.68. The largest absolute Gasteiger partial charge is 0.391 e. The van der Waals surface area contributed by atoms with Crippen LogP contribution in [0.2, 0.25) is 0 Å². The predicted octanol–water partition coefficient (Wildman–Crippen LogP) is 0.718. The standard InChI is InChI=1S/C14H23N5O2S/c1-16-14(22)18-9-5-3-2-4-8-17-13(20)11-6-7-12(21-15)19-10-11/h6-7,10H,2-5,8-9,15H2,1H3,(H,17,20)(H2,16,18,22). The highest BCUT2D eigenvalue weighted by Crippen LogP contribution is 2.05. The first kappa shape index (κ1) is 18.1. The molecule has 1 aromatic heterocycles. The van der Waals surface area contributed by atoms with Crippen LogP contribution in [0.15, 0.2) is 18.3 Å². The lowest BCUT2D eigenvalue weighted by Crippen LogP contribution is -2.32. The maximum absolute atomic E-state index is 11.8. The number of pyridine rings is 1. The summed E-state index contributed by atoms with van der Waals surface area (Å²) in [4.78, 5) is 20.2. The highest BCUT2D eigenvalue weighted by molar-refractivity contribution is 7.80. The lowest BCUT2D eigenvalue weighted by atomic mass is 10.2. The van der Waals surface area contributed by atoms with Crippen LogP contribution in [0.4, 0.5) is 0 Å². The van der Waals surface area contributed by atoms with Crippen molar-refractivity contribution in [3.05, 3.63) is 23.9 Å². The van der Waals surface area contributed by atoms with Crippen LogP contribution in [0, 0.1) is 0 Å². The Bertz CT molecular complexity index is 467. The van der Waals surface area contributed by atoms with Gasteiger partial charge in [-0.1, -0.05) is 12.8 Å². The van der Waals surface area contributed by atoms with Crippen molar-refractivity contribution >= 4 is 23.2 Å². The Balaban J connectivity index is 2.06. The van der Waals surface area contributed by atoms with Gasteiger partial charge < -0.3 is 20.8 Å². The Hall–Kier alpha value is -1.93. The lowest BCUT2D eigenvalue weighted by Gasteiger charge is -2.07. The number of unbranched alkanes of at least 4 members (excludes halogenated alkanes) is 3. The van der Waals surface area contributed by atoms with E-state index in [4.69, 9.17) is 18.1 Å². The van der Waals surface area contributed by atoms with Gasteiger partial charge in [-0.05, 0) is 31.1 Å². The van der Waals surface area contributed by atoms with Gasteiger partial charge >= 0.3 is 0 Å². The van der Waals surface area contributed by atoms with Gasteiger partial charge in [0.1, 0.15) is 0 Å². The van der Waals surface area contributed by atoms with Gasteiger partial charge in [-0.15, -0.1) is 0 Å². The van der Waals surface area contributed by atoms with E-state index in [9.17, 15) is 4.79 Å². The molecule has 0 atom stereocenters. The molecule has 0 saturated heterocycles. The van der Waals surface area contributed by atoms with Crippen molar-refractivity contribution in [3.8, 4) is 5.88 Å². The van der Waals surface area contributed by atoms with Gasteiger partial charge in [0.25, 0.3) is 5.91 Å². The molecule has 5 N–H and O–H groups in total. The van der Waals surface area contributed by atoms with Crippen LogP contribution in [0.3, 0.4) is 0 Å². The molecule has 0 aliphatic heterocycles. The number of nitrogens with two attached hydrogens (primary N) is 1. The minimum Gasteiger partial charge on any atom is -0.391 e. The molecule has 0 fully saturated rings. The molecule has 0 aliphatic carbocycles. The number of nitrogens with one attached hydrogen (secondary N) is 3. The van der Waals surface area contributed by atoms with Gasteiger partial charge in [-0.3, -0.25) is 4.79 Å². The molecule has 7 nitrogen and oxygen atoms in total. The number of aromatic nitrogens is 1. The van der Waals surface area contributed by atoms with E-state index in [-0.39, 0.29) is 11.8 Å². The predicted molar refractivity (Wildman–Crippen MR) is 89.5 cm³/mol. The Kier molecular flexibility index (Phi) is 8.85. The molecule has 1 amide bonds. The smallest absolute Gasteiger partial charge is 0.252 e. The van der Waals surface area contributed by atoms with E-state index in [2.05, 4.69) is 25.8 Å². The summed E-state index contributed by atoms with van der Waals surface area (Å²) in [5.74, 6) is 5.11. The van der Waals surface area contributed by atoms with Crippen LogP contribution in [0.1, 0.15) is 36.0 Å². The molecule has 0 spiro atoms. The summed E-state index contributed by atoms with van der Waals surface area (Å²) in [5, 5.41) is 9.49. The molecule has 22 heavy (non-hydrogen) atoms. The lowest BCUT2D eigenvalue weighted by molar-refractivity contribution is 0.0952. The van der Waals surface area contributed by atoms with Crippen molar-refractivity contribution in [2.45, 2.75) is 25.7 Å². The first-order valence-electron chi connectivity index (χ1n) is 7.24. The molecule has 0 unspecified atom stereocenters. The summed E-state index contributed by atoms with van der Waals surface area (Å²) >= 11 is 4.98. The molecule has 8 heteroatoms. The quantitative estimate of drug-likeness (QED) is 0.301. The Labute approximate surface area is 136 Å². The van der Waals surface area contributed by atoms with E-state index in [0.29, 0.717) is 17.2 Å². The average Bonchev–Trinajstić information content (AvgIpc) is 2.56. The molecule has 0 saturated carbocycles. The molecular weight excluding hydrogens is 302 g/mol. The molecule has 1 rings (SSSR count). The molecule has 0 radical (unpaired) electrons. The van der Waals surface area contributed by atoms with Crippen molar-refractivity contribution in [1.82, 2.24) is 20.9 Å². The molecule has 1 heterocycles. The summed E-state index contributed by atoms with van der Waals surface area (Å²) in [5.41, 5.74) is 0.491. The van der Waals surface area contributed by atoms with Crippen LogP contribution >= 0.6 is 12.2 Å². The fraction of sp³-hybridized carbons (Fsp3) is 0.500. The molecule has 122 valence electrons. The summed E-state index contributed by atoms with van der Waals surface area (Å²) < 4.78 is 0. The third-order valence-corrected chi connectivity index (χ3v) is 3.37. The zero-order valence-electron chi connectivity index (χ0n) is 12.7. The van der Waals surface area contributed by atoms with Crippen molar-refractivity contribution < 1.29 is 9.63 Å². The first-order valence-corrected chi connectivity index (χ1v) is 7.64. The average molecular weight is 325 g/mol. The number of nitrogens with zero attached hydrogens (tertiary/aromatic N) is 1. The third-order valence-electron chi connectivity index (χ3n) is 3.02. The molecular formula is C14H23N5O2S. The number of carbonyl (C=O) groups is 1. The summed E-state index contributed by atoms with van der Waals surface area (Å²) in [6.07, 6.45) is 5.60. The molecule has 0 aliphatic rings. The SMILES string of the molecule is CNC(=S)NCCCCCCNC(=O)c1ccc(ON)nc1.